The van der Waals surface area contributed by atoms with Gasteiger partial charge in [-0.1, -0.05) is 12.1 Å². The van der Waals surface area contributed by atoms with E-state index in [4.69, 9.17) is 0 Å². The first kappa shape index (κ1) is 20.1. The molecule has 154 valence electrons. The summed E-state index contributed by atoms with van der Waals surface area (Å²) < 4.78 is 18.0. The summed E-state index contributed by atoms with van der Waals surface area (Å²) in [6.45, 7) is 8.16. The Bertz CT molecular complexity index is 1230. The molecular formula is C25H27FN4. The molecule has 30 heavy (non-hydrogen) atoms. The lowest BCUT2D eigenvalue weighted by Gasteiger charge is -2.13. The fourth-order valence-corrected chi connectivity index (χ4v) is 3.94. The molecular weight excluding hydrogens is 375 g/mol. The molecule has 3 heterocycles. The Balaban J connectivity index is 1.69. The molecule has 5 heteroatoms. The number of aromatic nitrogens is 4. The molecule has 0 amide bonds. The van der Waals surface area contributed by atoms with Gasteiger partial charge in [0.15, 0.2) is 0 Å². The smallest absolute Gasteiger partial charge is 0.118 e. The maximum Gasteiger partial charge on any atom is 0.118 e. The van der Waals surface area contributed by atoms with Crippen LogP contribution in [-0.2, 0) is 20.0 Å². The van der Waals surface area contributed by atoms with Crippen LogP contribution >= 0.6 is 0 Å². The third kappa shape index (κ3) is 3.80. The van der Waals surface area contributed by atoms with Crippen molar-refractivity contribution in [1.82, 2.24) is 19.3 Å². The van der Waals surface area contributed by atoms with Gasteiger partial charge in [-0.15, -0.1) is 0 Å². The average molecular weight is 403 g/mol. The van der Waals surface area contributed by atoms with E-state index in [1.807, 2.05) is 53.2 Å². The number of fused-ring (bicyclic) bond motifs is 1. The van der Waals surface area contributed by atoms with Gasteiger partial charge in [-0.2, -0.15) is 5.10 Å². The zero-order valence-electron chi connectivity index (χ0n) is 18.2. The van der Waals surface area contributed by atoms with Gasteiger partial charge in [0.25, 0.3) is 0 Å². The molecule has 4 nitrogen and oxygen atoms in total. The van der Waals surface area contributed by atoms with Crippen molar-refractivity contribution in [2.24, 2.45) is 7.05 Å². The van der Waals surface area contributed by atoms with E-state index in [1.165, 1.54) is 22.3 Å². The van der Waals surface area contributed by atoms with Gasteiger partial charge >= 0.3 is 0 Å². The SMILES string of the molecule is CC(C)=C(F)Cn1ccc2c(Cc3c(C)cc(-c4cnn(C)c4)cc3C)nccc21. The fourth-order valence-electron chi connectivity index (χ4n) is 3.94. The molecule has 0 radical (unpaired) electrons. The largest absolute Gasteiger partial charge is 0.341 e. The molecule has 0 saturated carbocycles. The molecule has 0 aliphatic carbocycles. The summed E-state index contributed by atoms with van der Waals surface area (Å²) in [5, 5.41) is 5.36. The highest BCUT2D eigenvalue weighted by atomic mass is 19.1. The Labute approximate surface area is 176 Å². The minimum atomic E-state index is -0.0939. The van der Waals surface area contributed by atoms with Crippen LogP contribution in [-0.4, -0.2) is 19.3 Å². The third-order valence-electron chi connectivity index (χ3n) is 5.71. The van der Waals surface area contributed by atoms with E-state index in [9.17, 15) is 4.39 Å². The molecule has 0 unspecified atom stereocenters. The van der Waals surface area contributed by atoms with Crippen LogP contribution in [0.2, 0.25) is 0 Å². The molecule has 3 aromatic heterocycles. The Morgan fingerprint density at radius 3 is 2.43 bits per heavy atom. The van der Waals surface area contributed by atoms with Crippen molar-refractivity contribution in [3.8, 4) is 11.1 Å². The van der Waals surface area contributed by atoms with E-state index in [1.54, 1.807) is 13.8 Å². The molecule has 0 saturated heterocycles. The minimum Gasteiger partial charge on any atom is -0.341 e. The summed E-state index contributed by atoms with van der Waals surface area (Å²) in [5.41, 5.74) is 8.80. The first-order chi connectivity index (χ1) is 14.3. The predicted molar refractivity (Wildman–Crippen MR) is 120 cm³/mol. The van der Waals surface area contributed by atoms with Crippen LogP contribution in [0, 0.1) is 13.8 Å². The van der Waals surface area contributed by atoms with Gasteiger partial charge in [-0.05, 0) is 67.7 Å². The number of pyridine rings is 1. The molecule has 0 aliphatic rings. The van der Waals surface area contributed by atoms with Crippen LogP contribution < -0.4 is 0 Å². The fraction of sp³-hybridized carbons (Fsp3) is 0.280. The van der Waals surface area contributed by atoms with E-state index in [0.29, 0.717) is 5.57 Å². The van der Waals surface area contributed by atoms with Gasteiger partial charge in [0, 0.05) is 43.0 Å². The number of hydrogen-bond donors (Lipinski definition) is 0. The molecule has 4 rings (SSSR count). The number of nitrogens with zero attached hydrogens (tertiary/aromatic N) is 4. The first-order valence-electron chi connectivity index (χ1n) is 10.2. The highest BCUT2D eigenvalue weighted by Gasteiger charge is 2.13. The van der Waals surface area contributed by atoms with E-state index in [2.05, 4.69) is 36.1 Å². The van der Waals surface area contributed by atoms with Crippen molar-refractivity contribution in [3.05, 3.63) is 82.8 Å². The molecule has 0 N–H and O–H groups in total. The van der Waals surface area contributed by atoms with E-state index < -0.39 is 0 Å². The van der Waals surface area contributed by atoms with Crippen molar-refractivity contribution in [1.29, 1.82) is 0 Å². The first-order valence-corrected chi connectivity index (χ1v) is 10.2. The maximum absolute atomic E-state index is 14.2. The quantitative estimate of drug-likeness (QED) is 0.416. The number of halogens is 1. The van der Waals surface area contributed by atoms with Gasteiger partial charge in [0.05, 0.1) is 24.0 Å². The zero-order valence-corrected chi connectivity index (χ0v) is 18.2. The van der Waals surface area contributed by atoms with Crippen LogP contribution in [0.5, 0.6) is 0 Å². The standard InChI is InChI=1S/C25H27FN4/c1-16(2)23(26)15-30-9-7-21-24(27-8-6-25(21)30)12-22-17(3)10-19(11-18(22)4)20-13-28-29(5)14-20/h6-11,13-14H,12,15H2,1-5H3. The molecule has 0 fully saturated rings. The van der Waals surface area contributed by atoms with Gasteiger partial charge in [-0.25, -0.2) is 4.39 Å². The summed E-state index contributed by atoms with van der Waals surface area (Å²) in [4.78, 5) is 4.66. The number of hydrogen-bond acceptors (Lipinski definition) is 2. The van der Waals surface area contributed by atoms with Crippen molar-refractivity contribution in [2.45, 2.75) is 40.7 Å². The summed E-state index contributed by atoms with van der Waals surface area (Å²) >= 11 is 0. The normalized spacial score (nSPS) is 11.3. The van der Waals surface area contributed by atoms with E-state index in [-0.39, 0.29) is 12.4 Å². The highest BCUT2D eigenvalue weighted by molar-refractivity contribution is 5.82. The summed E-state index contributed by atoms with van der Waals surface area (Å²) in [6, 6.07) is 8.44. The van der Waals surface area contributed by atoms with E-state index in [0.717, 1.165) is 28.6 Å². The van der Waals surface area contributed by atoms with Crippen LogP contribution in [0.3, 0.4) is 0 Å². The highest BCUT2D eigenvalue weighted by Crippen LogP contribution is 2.28. The van der Waals surface area contributed by atoms with Gasteiger partial charge in [0.1, 0.15) is 5.83 Å². The molecule has 0 spiro atoms. The average Bonchev–Trinajstić information content (AvgIpc) is 3.31. The lowest BCUT2D eigenvalue weighted by Crippen LogP contribution is -2.01. The second-order valence-electron chi connectivity index (χ2n) is 8.21. The number of benzene rings is 1. The molecule has 4 aromatic rings. The molecule has 0 atom stereocenters. The number of aryl methyl sites for hydroxylation is 3. The van der Waals surface area contributed by atoms with E-state index >= 15 is 0 Å². The Morgan fingerprint density at radius 1 is 1.07 bits per heavy atom. The van der Waals surface area contributed by atoms with Gasteiger partial charge in [-0.3, -0.25) is 9.67 Å². The van der Waals surface area contributed by atoms with Crippen molar-refractivity contribution in [3.63, 3.8) is 0 Å². The summed E-state index contributed by atoms with van der Waals surface area (Å²) in [6.07, 6.45) is 8.44. The predicted octanol–water partition coefficient (Wildman–Crippen LogP) is 5.91. The monoisotopic (exact) mass is 402 g/mol. The Hall–Kier alpha value is -3.21. The van der Waals surface area contributed by atoms with Crippen LogP contribution in [0.25, 0.3) is 22.0 Å². The van der Waals surface area contributed by atoms with Crippen molar-refractivity contribution in [2.75, 3.05) is 0 Å². The topological polar surface area (TPSA) is 35.6 Å². The number of allylic oxidation sites excluding steroid dienone is 2. The summed E-state index contributed by atoms with van der Waals surface area (Å²) in [7, 11) is 1.93. The minimum absolute atomic E-state index is 0.0939. The van der Waals surface area contributed by atoms with Gasteiger partial charge < -0.3 is 4.57 Å². The van der Waals surface area contributed by atoms with Crippen molar-refractivity contribution >= 4 is 10.9 Å². The van der Waals surface area contributed by atoms with Crippen molar-refractivity contribution < 1.29 is 4.39 Å². The second kappa shape index (κ2) is 7.90. The molecule has 0 aliphatic heterocycles. The lowest BCUT2D eigenvalue weighted by atomic mass is 9.93. The van der Waals surface area contributed by atoms with Crippen LogP contribution in [0.4, 0.5) is 4.39 Å². The van der Waals surface area contributed by atoms with Crippen LogP contribution in [0.15, 0.2) is 60.5 Å². The third-order valence-corrected chi connectivity index (χ3v) is 5.71. The maximum atomic E-state index is 14.2. The Morgan fingerprint density at radius 2 is 1.80 bits per heavy atom. The second-order valence-corrected chi connectivity index (χ2v) is 8.21. The van der Waals surface area contributed by atoms with Gasteiger partial charge in [0.2, 0.25) is 0 Å². The lowest BCUT2D eigenvalue weighted by molar-refractivity contribution is 0.552. The molecule has 1 aromatic carbocycles. The summed E-state index contributed by atoms with van der Waals surface area (Å²) in [5.74, 6) is -0.0939. The zero-order chi connectivity index (χ0) is 21.4. The molecule has 0 bridgehead atoms. The van der Waals surface area contributed by atoms with Crippen LogP contribution in [0.1, 0.15) is 36.2 Å². The Kier molecular flexibility index (Phi) is 5.29. The number of rotatable bonds is 5.